The standard InChI is InChI=1S/C10H14O3S/c1-10(2,11)8-6-4-5-7-9(8)14(3,12)13/h4-7,11H,1-3H3. The Morgan fingerprint density at radius 1 is 1.21 bits per heavy atom. The maximum absolute atomic E-state index is 11.4. The van der Waals surface area contributed by atoms with E-state index in [9.17, 15) is 13.5 Å². The van der Waals surface area contributed by atoms with Crippen LogP contribution >= 0.6 is 0 Å². The van der Waals surface area contributed by atoms with Gasteiger partial charge in [0, 0.05) is 11.8 Å². The van der Waals surface area contributed by atoms with E-state index in [-0.39, 0.29) is 4.90 Å². The lowest BCUT2D eigenvalue weighted by atomic mass is 9.99. The average molecular weight is 214 g/mol. The lowest BCUT2D eigenvalue weighted by Gasteiger charge is -2.20. The first kappa shape index (κ1) is 11.2. The third kappa shape index (κ3) is 2.33. The second kappa shape index (κ2) is 3.37. The molecule has 0 aromatic heterocycles. The topological polar surface area (TPSA) is 54.4 Å². The summed E-state index contributed by atoms with van der Waals surface area (Å²) in [5, 5.41) is 9.77. The van der Waals surface area contributed by atoms with Gasteiger partial charge in [0.05, 0.1) is 10.5 Å². The van der Waals surface area contributed by atoms with Gasteiger partial charge >= 0.3 is 0 Å². The van der Waals surface area contributed by atoms with Crippen molar-refractivity contribution in [2.75, 3.05) is 6.26 Å². The first-order valence-electron chi connectivity index (χ1n) is 4.25. The number of hydrogen-bond donors (Lipinski definition) is 1. The third-order valence-electron chi connectivity index (χ3n) is 1.95. The molecule has 0 amide bonds. The predicted molar refractivity (Wildman–Crippen MR) is 54.8 cm³/mol. The molecule has 0 aliphatic heterocycles. The summed E-state index contributed by atoms with van der Waals surface area (Å²) in [5.74, 6) is 0. The molecular weight excluding hydrogens is 200 g/mol. The molecule has 0 bridgehead atoms. The molecule has 78 valence electrons. The zero-order chi connectivity index (χ0) is 11.0. The normalized spacial score (nSPS) is 12.9. The van der Waals surface area contributed by atoms with Gasteiger partial charge in [0.2, 0.25) is 0 Å². The quantitative estimate of drug-likeness (QED) is 0.807. The number of sulfone groups is 1. The van der Waals surface area contributed by atoms with Crippen LogP contribution in [0.25, 0.3) is 0 Å². The predicted octanol–water partition coefficient (Wildman–Crippen LogP) is 1.32. The second-order valence-corrected chi connectivity index (χ2v) is 5.81. The van der Waals surface area contributed by atoms with Crippen molar-refractivity contribution in [1.82, 2.24) is 0 Å². The Balaban J connectivity index is 3.47. The lowest BCUT2D eigenvalue weighted by Crippen LogP contribution is -2.19. The molecule has 0 spiro atoms. The molecule has 1 aromatic rings. The third-order valence-corrected chi connectivity index (χ3v) is 3.10. The minimum atomic E-state index is -3.28. The average Bonchev–Trinajstić information content (AvgIpc) is 2.01. The minimum Gasteiger partial charge on any atom is -0.386 e. The van der Waals surface area contributed by atoms with Crippen molar-refractivity contribution in [2.45, 2.75) is 24.3 Å². The summed E-state index contributed by atoms with van der Waals surface area (Å²) in [4.78, 5) is 0.188. The summed E-state index contributed by atoms with van der Waals surface area (Å²) in [6.45, 7) is 3.13. The monoisotopic (exact) mass is 214 g/mol. The van der Waals surface area contributed by atoms with E-state index in [1.807, 2.05) is 0 Å². The van der Waals surface area contributed by atoms with Gasteiger partial charge < -0.3 is 5.11 Å². The Labute approximate surface area is 84.3 Å². The van der Waals surface area contributed by atoms with Crippen LogP contribution in [0.4, 0.5) is 0 Å². The highest BCUT2D eigenvalue weighted by molar-refractivity contribution is 7.90. The highest BCUT2D eigenvalue weighted by Gasteiger charge is 2.23. The van der Waals surface area contributed by atoms with Crippen LogP contribution in [-0.2, 0) is 15.4 Å². The number of rotatable bonds is 2. The van der Waals surface area contributed by atoms with E-state index < -0.39 is 15.4 Å². The van der Waals surface area contributed by atoms with E-state index in [2.05, 4.69) is 0 Å². The molecule has 3 nitrogen and oxygen atoms in total. The Kier molecular flexibility index (Phi) is 2.69. The van der Waals surface area contributed by atoms with Gasteiger partial charge in [0.15, 0.2) is 9.84 Å². The van der Waals surface area contributed by atoms with Crippen molar-refractivity contribution in [3.05, 3.63) is 29.8 Å². The largest absolute Gasteiger partial charge is 0.386 e. The van der Waals surface area contributed by atoms with E-state index in [4.69, 9.17) is 0 Å². The number of benzene rings is 1. The van der Waals surface area contributed by atoms with Crippen molar-refractivity contribution in [2.24, 2.45) is 0 Å². The molecule has 14 heavy (non-hydrogen) atoms. The van der Waals surface area contributed by atoms with Crippen LogP contribution < -0.4 is 0 Å². The van der Waals surface area contributed by atoms with Crippen molar-refractivity contribution in [1.29, 1.82) is 0 Å². The SMILES string of the molecule is CC(C)(O)c1ccccc1S(C)(=O)=O. The summed E-state index contributed by atoms with van der Waals surface area (Å²) in [6.07, 6.45) is 1.14. The Morgan fingerprint density at radius 3 is 2.07 bits per heavy atom. The Bertz CT molecular complexity index is 427. The fourth-order valence-electron chi connectivity index (χ4n) is 1.30. The van der Waals surface area contributed by atoms with Crippen molar-refractivity contribution in [3.8, 4) is 0 Å². The van der Waals surface area contributed by atoms with Crippen LogP contribution in [0.3, 0.4) is 0 Å². The van der Waals surface area contributed by atoms with E-state index in [0.717, 1.165) is 6.26 Å². The summed E-state index contributed by atoms with van der Waals surface area (Å²) < 4.78 is 22.8. The fraction of sp³-hybridized carbons (Fsp3) is 0.400. The smallest absolute Gasteiger partial charge is 0.175 e. The molecule has 0 aliphatic carbocycles. The van der Waals surface area contributed by atoms with E-state index >= 15 is 0 Å². The maximum Gasteiger partial charge on any atom is 0.175 e. The fourth-order valence-corrected chi connectivity index (χ4v) is 2.34. The summed E-state index contributed by atoms with van der Waals surface area (Å²) in [6, 6.07) is 6.48. The van der Waals surface area contributed by atoms with Crippen LogP contribution in [-0.4, -0.2) is 19.8 Å². The minimum absolute atomic E-state index is 0.188. The molecule has 1 rings (SSSR count). The molecule has 0 aliphatic rings. The Morgan fingerprint density at radius 2 is 1.71 bits per heavy atom. The molecule has 1 N–H and O–H groups in total. The van der Waals surface area contributed by atoms with Crippen molar-refractivity contribution < 1.29 is 13.5 Å². The van der Waals surface area contributed by atoms with Gasteiger partial charge in [-0.25, -0.2) is 8.42 Å². The molecule has 1 aromatic carbocycles. The molecule has 0 fully saturated rings. The van der Waals surface area contributed by atoms with Crippen LogP contribution in [0.5, 0.6) is 0 Å². The molecule has 0 heterocycles. The van der Waals surface area contributed by atoms with E-state index in [0.29, 0.717) is 5.56 Å². The molecule has 4 heteroatoms. The molecule has 0 atom stereocenters. The highest BCUT2D eigenvalue weighted by atomic mass is 32.2. The van der Waals surface area contributed by atoms with Crippen molar-refractivity contribution >= 4 is 9.84 Å². The van der Waals surface area contributed by atoms with Crippen LogP contribution in [0.2, 0.25) is 0 Å². The highest BCUT2D eigenvalue weighted by Crippen LogP contribution is 2.26. The van der Waals surface area contributed by atoms with Crippen LogP contribution in [0, 0.1) is 0 Å². The lowest BCUT2D eigenvalue weighted by molar-refractivity contribution is 0.0755. The summed E-state index contributed by atoms with van der Waals surface area (Å²) >= 11 is 0. The molecule has 0 saturated heterocycles. The van der Waals surface area contributed by atoms with Crippen LogP contribution in [0.1, 0.15) is 19.4 Å². The molecule has 0 unspecified atom stereocenters. The number of aliphatic hydroxyl groups is 1. The zero-order valence-corrected chi connectivity index (χ0v) is 9.30. The van der Waals surface area contributed by atoms with E-state index in [1.54, 1.807) is 32.0 Å². The maximum atomic E-state index is 11.4. The van der Waals surface area contributed by atoms with Gasteiger partial charge in [-0.3, -0.25) is 0 Å². The summed E-state index contributed by atoms with van der Waals surface area (Å²) in [5.41, 5.74) is -0.706. The molecular formula is C10H14O3S. The second-order valence-electron chi connectivity index (χ2n) is 3.83. The zero-order valence-electron chi connectivity index (χ0n) is 8.48. The van der Waals surface area contributed by atoms with Gasteiger partial charge in [-0.05, 0) is 19.9 Å². The van der Waals surface area contributed by atoms with Gasteiger partial charge in [-0.1, -0.05) is 18.2 Å². The van der Waals surface area contributed by atoms with Gasteiger partial charge in [-0.15, -0.1) is 0 Å². The molecule has 0 radical (unpaired) electrons. The number of hydrogen-bond acceptors (Lipinski definition) is 3. The van der Waals surface area contributed by atoms with E-state index in [1.165, 1.54) is 6.07 Å². The van der Waals surface area contributed by atoms with Gasteiger partial charge in [0.25, 0.3) is 0 Å². The van der Waals surface area contributed by atoms with Gasteiger partial charge in [0.1, 0.15) is 0 Å². The van der Waals surface area contributed by atoms with Crippen LogP contribution in [0.15, 0.2) is 29.2 Å². The first-order valence-corrected chi connectivity index (χ1v) is 6.14. The first-order chi connectivity index (χ1) is 6.23. The van der Waals surface area contributed by atoms with Crippen molar-refractivity contribution in [3.63, 3.8) is 0 Å². The molecule has 0 saturated carbocycles. The summed E-state index contributed by atoms with van der Waals surface area (Å²) in [7, 11) is -3.28. The Hall–Kier alpha value is -0.870. The van der Waals surface area contributed by atoms with Gasteiger partial charge in [-0.2, -0.15) is 0 Å².